The molecule has 4 rings (SSSR count). The minimum atomic E-state index is -0.518. The van der Waals surface area contributed by atoms with Gasteiger partial charge >= 0.3 is 0 Å². The van der Waals surface area contributed by atoms with Crippen LogP contribution in [0, 0.1) is 0 Å². The van der Waals surface area contributed by atoms with E-state index in [-0.39, 0.29) is 11.8 Å². The van der Waals surface area contributed by atoms with Crippen LogP contribution in [0.2, 0.25) is 0 Å². The molecule has 1 fully saturated rings. The summed E-state index contributed by atoms with van der Waals surface area (Å²) >= 11 is 0. The molecule has 1 unspecified atom stereocenters. The zero-order valence-corrected chi connectivity index (χ0v) is 19.4. The van der Waals surface area contributed by atoms with Gasteiger partial charge < -0.3 is 19.7 Å². The molecule has 176 valence electrons. The molecular weight excluding hydrogens is 428 g/mol. The zero-order valence-electron chi connectivity index (χ0n) is 19.4. The number of carbonyl (C=O) groups is 2. The maximum Gasteiger partial charge on any atom is 0.254 e. The quantitative estimate of drug-likeness (QED) is 0.536. The lowest BCUT2D eigenvalue weighted by Crippen LogP contribution is -2.48. The van der Waals surface area contributed by atoms with Gasteiger partial charge in [0.25, 0.3) is 5.91 Å². The fourth-order valence-electron chi connectivity index (χ4n) is 4.15. The first kappa shape index (κ1) is 23.4. The van der Waals surface area contributed by atoms with Crippen molar-refractivity contribution in [2.24, 2.45) is 0 Å². The van der Waals surface area contributed by atoms with Crippen molar-refractivity contribution in [2.75, 3.05) is 13.7 Å². The van der Waals surface area contributed by atoms with Gasteiger partial charge in [0.05, 0.1) is 7.11 Å². The summed E-state index contributed by atoms with van der Waals surface area (Å²) in [5.41, 5.74) is 2.49. The second-order valence-corrected chi connectivity index (χ2v) is 8.36. The van der Waals surface area contributed by atoms with Crippen LogP contribution in [0.1, 0.15) is 40.7 Å². The van der Waals surface area contributed by atoms with Gasteiger partial charge in [-0.3, -0.25) is 9.59 Å². The molecule has 3 aromatic carbocycles. The summed E-state index contributed by atoms with van der Waals surface area (Å²) in [5, 5.41) is 2.95. The molecule has 1 heterocycles. The van der Waals surface area contributed by atoms with Crippen LogP contribution in [-0.2, 0) is 17.9 Å². The second kappa shape index (κ2) is 11.4. The molecule has 1 aliphatic rings. The predicted octanol–water partition coefficient (Wildman–Crippen LogP) is 4.59. The largest absolute Gasteiger partial charge is 0.493 e. The van der Waals surface area contributed by atoms with E-state index in [4.69, 9.17) is 9.47 Å². The topological polar surface area (TPSA) is 67.9 Å². The second-order valence-electron chi connectivity index (χ2n) is 8.36. The van der Waals surface area contributed by atoms with Gasteiger partial charge in [0.15, 0.2) is 11.5 Å². The maximum atomic E-state index is 13.5. The van der Waals surface area contributed by atoms with Gasteiger partial charge in [-0.1, -0.05) is 54.6 Å². The summed E-state index contributed by atoms with van der Waals surface area (Å²) in [6, 6.07) is 24.2. The van der Waals surface area contributed by atoms with Gasteiger partial charge in [0, 0.05) is 18.7 Å². The minimum absolute atomic E-state index is 0.100. The van der Waals surface area contributed by atoms with E-state index in [0.29, 0.717) is 43.2 Å². The molecule has 1 atom stereocenters. The Morgan fingerprint density at radius 1 is 0.941 bits per heavy atom. The molecule has 2 amide bonds. The van der Waals surface area contributed by atoms with Gasteiger partial charge in [-0.25, -0.2) is 0 Å². The molecule has 3 aromatic rings. The molecule has 0 spiro atoms. The van der Waals surface area contributed by atoms with E-state index in [9.17, 15) is 9.59 Å². The molecule has 1 aliphatic heterocycles. The summed E-state index contributed by atoms with van der Waals surface area (Å²) in [6.07, 6.45) is 2.44. The third-order valence-corrected chi connectivity index (χ3v) is 5.98. The van der Waals surface area contributed by atoms with Crippen LogP contribution in [0.25, 0.3) is 0 Å². The number of methoxy groups -OCH3 is 1. The minimum Gasteiger partial charge on any atom is -0.493 e. The van der Waals surface area contributed by atoms with E-state index in [1.54, 1.807) is 24.1 Å². The summed E-state index contributed by atoms with van der Waals surface area (Å²) in [6.45, 7) is 1.36. The molecule has 0 radical (unpaired) electrons. The number of hydrogen-bond acceptors (Lipinski definition) is 4. The van der Waals surface area contributed by atoms with E-state index in [2.05, 4.69) is 5.32 Å². The third-order valence-electron chi connectivity index (χ3n) is 5.98. The zero-order chi connectivity index (χ0) is 23.8. The predicted molar refractivity (Wildman–Crippen MR) is 131 cm³/mol. The van der Waals surface area contributed by atoms with E-state index in [0.717, 1.165) is 24.0 Å². The van der Waals surface area contributed by atoms with Crippen LogP contribution in [0.3, 0.4) is 0 Å². The molecule has 6 nitrogen and oxygen atoms in total. The highest BCUT2D eigenvalue weighted by molar-refractivity contribution is 5.97. The highest BCUT2D eigenvalue weighted by atomic mass is 16.5. The van der Waals surface area contributed by atoms with Crippen molar-refractivity contribution in [3.63, 3.8) is 0 Å². The summed E-state index contributed by atoms with van der Waals surface area (Å²) in [7, 11) is 1.60. The summed E-state index contributed by atoms with van der Waals surface area (Å²) < 4.78 is 11.6. The fourth-order valence-corrected chi connectivity index (χ4v) is 4.15. The van der Waals surface area contributed by atoms with Crippen molar-refractivity contribution in [3.05, 3.63) is 95.6 Å². The number of carbonyl (C=O) groups excluding carboxylic acids is 2. The molecular formula is C28H30N2O4. The van der Waals surface area contributed by atoms with Crippen molar-refractivity contribution < 1.29 is 19.1 Å². The third kappa shape index (κ3) is 5.76. The maximum absolute atomic E-state index is 13.5. The Morgan fingerprint density at radius 3 is 2.41 bits per heavy atom. The molecule has 0 bridgehead atoms. The molecule has 0 aromatic heterocycles. The standard InChI is InChI=1S/C28H30N2O4/c1-33-26-18-22(15-16-25(26)34-20-21-10-4-2-5-11-21)19-30(24-14-8-9-17-29-27(24)31)28(32)23-12-6-3-7-13-23/h2-7,10-13,15-16,18,24H,8-9,14,17,19-20H2,1H3,(H,29,31). The average molecular weight is 459 g/mol. The Balaban J connectivity index is 1.57. The fraction of sp³-hybridized carbons (Fsp3) is 0.286. The van der Waals surface area contributed by atoms with Crippen LogP contribution in [0.4, 0.5) is 0 Å². The lowest BCUT2D eigenvalue weighted by Gasteiger charge is -2.30. The van der Waals surface area contributed by atoms with Crippen LogP contribution >= 0.6 is 0 Å². The van der Waals surface area contributed by atoms with Crippen LogP contribution in [0.15, 0.2) is 78.9 Å². The van der Waals surface area contributed by atoms with E-state index < -0.39 is 6.04 Å². The smallest absolute Gasteiger partial charge is 0.254 e. The first-order valence-electron chi connectivity index (χ1n) is 11.6. The monoisotopic (exact) mass is 458 g/mol. The first-order valence-corrected chi connectivity index (χ1v) is 11.6. The lowest BCUT2D eigenvalue weighted by atomic mass is 10.0. The Labute approximate surface area is 200 Å². The van der Waals surface area contributed by atoms with Crippen LogP contribution in [0.5, 0.6) is 11.5 Å². The van der Waals surface area contributed by atoms with Gasteiger partial charge in [-0.15, -0.1) is 0 Å². The Hall–Kier alpha value is -3.80. The highest BCUT2D eigenvalue weighted by Crippen LogP contribution is 2.30. The number of amides is 2. The Kier molecular flexibility index (Phi) is 7.81. The van der Waals surface area contributed by atoms with Gasteiger partial charge in [0.2, 0.25) is 5.91 Å². The Morgan fingerprint density at radius 2 is 1.68 bits per heavy atom. The molecule has 1 N–H and O–H groups in total. The summed E-state index contributed by atoms with van der Waals surface area (Å²) in [4.78, 5) is 28.0. The van der Waals surface area contributed by atoms with Crippen molar-refractivity contribution in [2.45, 2.75) is 38.5 Å². The molecule has 34 heavy (non-hydrogen) atoms. The molecule has 6 heteroatoms. The van der Waals surface area contributed by atoms with Gasteiger partial charge in [-0.2, -0.15) is 0 Å². The van der Waals surface area contributed by atoms with E-state index >= 15 is 0 Å². The van der Waals surface area contributed by atoms with Gasteiger partial charge in [0.1, 0.15) is 12.6 Å². The van der Waals surface area contributed by atoms with Crippen molar-refractivity contribution in [1.29, 1.82) is 0 Å². The lowest BCUT2D eigenvalue weighted by molar-refractivity contribution is -0.125. The number of hydrogen-bond donors (Lipinski definition) is 1. The number of nitrogens with zero attached hydrogens (tertiary/aromatic N) is 1. The van der Waals surface area contributed by atoms with Crippen LogP contribution in [-0.4, -0.2) is 36.4 Å². The first-order chi connectivity index (χ1) is 16.7. The van der Waals surface area contributed by atoms with Gasteiger partial charge in [-0.05, 0) is 54.7 Å². The SMILES string of the molecule is COc1cc(CN(C(=O)c2ccccc2)C2CCCCNC2=O)ccc1OCc1ccccc1. The number of benzene rings is 3. The molecule has 1 saturated heterocycles. The van der Waals surface area contributed by atoms with Crippen molar-refractivity contribution in [3.8, 4) is 11.5 Å². The normalized spacial score (nSPS) is 15.7. The van der Waals surface area contributed by atoms with Crippen molar-refractivity contribution in [1.82, 2.24) is 10.2 Å². The number of nitrogens with one attached hydrogen (secondary N) is 1. The average Bonchev–Trinajstić information content (AvgIpc) is 3.11. The highest BCUT2D eigenvalue weighted by Gasteiger charge is 2.31. The van der Waals surface area contributed by atoms with Crippen LogP contribution < -0.4 is 14.8 Å². The number of rotatable bonds is 8. The number of ether oxygens (including phenoxy) is 2. The molecule has 0 aliphatic carbocycles. The van der Waals surface area contributed by atoms with E-state index in [1.165, 1.54) is 0 Å². The van der Waals surface area contributed by atoms with E-state index in [1.807, 2.05) is 66.7 Å². The van der Waals surface area contributed by atoms with Crippen molar-refractivity contribution >= 4 is 11.8 Å². The summed E-state index contributed by atoms with van der Waals surface area (Å²) in [5.74, 6) is 0.955. The molecule has 0 saturated carbocycles. The Bertz CT molecular complexity index is 1100.